The summed E-state index contributed by atoms with van der Waals surface area (Å²) in [5.41, 5.74) is 1.37. The summed E-state index contributed by atoms with van der Waals surface area (Å²) in [5, 5.41) is -0.126. The predicted octanol–water partition coefficient (Wildman–Crippen LogP) is 6.23. The van der Waals surface area contributed by atoms with E-state index in [2.05, 4.69) is 25.9 Å². The molecule has 10 heteroatoms. The molecule has 150 valence electrons. The third-order valence-corrected chi connectivity index (χ3v) is 5.89. The maximum absolute atomic E-state index is 13.8. The van der Waals surface area contributed by atoms with Crippen LogP contribution in [0.1, 0.15) is 5.56 Å². The molecule has 0 bridgehead atoms. The molecule has 2 aromatic carbocycles. The van der Waals surface area contributed by atoms with Gasteiger partial charge in [-0.2, -0.15) is 9.37 Å². The van der Waals surface area contributed by atoms with Crippen LogP contribution in [0.15, 0.2) is 64.1 Å². The zero-order chi connectivity index (χ0) is 21.3. The van der Waals surface area contributed by atoms with Gasteiger partial charge in [0.25, 0.3) is 11.8 Å². The molecule has 2 heterocycles. The molecule has 4 rings (SSSR count). The molecule has 1 fully saturated rings. The average molecular weight is 523 g/mol. The topological polar surface area (TPSA) is 55.3 Å². The Kier molecular flexibility index (Phi) is 6.14. The summed E-state index contributed by atoms with van der Waals surface area (Å²) < 4.78 is 20.6. The Bertz CT molecular complexity index is 1210. The molecule has 1 aliphatic heterocycles. The number of rotatable bonds is 4. The van der Waals surface area contributed by atoms with Gasteiger partial charge in [0.05, 0.1) is 16.8 Å². The third kappa shape index (κ3) is 4.54. The van der Waals surface area contributed by atoms with Crippen LogP contribution in [0, 0.1) is 5.82 Å². The van der Waals surface area contributed by atoms with E-state index in [4.69, 9.17) is 28.6 Å². The van der Waals surface area contributed by atoms with Gasteiger partial charge in [0.15, 0.2) is 4.32 Å². The summed E-state index contributed by atoms with van der Waals surface area (Å²) in [6, 6.07) is 14.1. The average Bonchev–Trinajstić information content (AvgIpc) is 2.98. The van der Waals surface area contributed by atoms with Crippen molar-refractivity contribution in [2.75, 3.05) is 4.90 Å². The monoisotopic (exact) mass is 521 g/mol. The fraction of sp³-hybridized carbons (Fsp3) is 0. The van der Waals surface area contributed by atoms with Crippen LogP contribution in [0.5, 0.6) is 11.6 Å². The molecule has 1 amide bonds. The highest BCUT2D eigenvalue weighted by Crippen LogP contribution is 2.37. The summed E-state index contributed by atoms with van der Waals surface area (Å²) in [6.07, 6.45) is 2.63. The summed E-state index contributed by atoms with van der Waals surface area (Å²) in [7, 11) is 0. The number of amides is 1. The van der Waals surface area contributed by atoms with Crippen molar-refractivity contribution in [1.82, 2.24) is 9.97 Å². The van der Waals surface area contributed by atoms with E-state index in [-0.39, 0.29) is 17.1 Å². The number of hydrogen-bond acceptors (Lipinski definition) is 6. The smallest absolute Gasteiger partial charge is 0.270 e. The first kappa shape index (κ1) is 20.9. The summed E-state index contributed by atoms with van der Waals surface area (Å²) >= 11 is 15.7. The molecule has 1 aliphatic rings. The second-order valence-corrected chi connectivity index (χ2v) is 8.89. The second kappa shape index (κ2) is 8.81. The molecule has 3 aromatic rings. The number of halogens is 3. The number of aromatic nitrogens is 2. The molecular formula is C20H10BrClFN3O2S2. The van der Waals surface area contributed by atoms with E-state index < -0.39 is 5.82 Å². The van der Waals surface area contributed by atoms with Crippen LogP contribution in [0.2, 0.25) is 5.28 Å². The molecule has 0 spiro atoms. The first-order valence-corrected chi connectivity index (χ1v) is 10.8. The number of nitrogens with zero attached hydrogens (tertiary/aromatic N) is 3. The molecule has 5 nitrogen and oxygen atoms in total. The fourth-order valence-corrected chi connectivity index (χ4v) is 4.45. The summed E-state index contributed by atoms with van der Waals surface area (Å²) in [6.45, 7) is 0. The van der Waals surface area contributed by atoms with Gasteiger partial charge in [0.2, 0.25) is 11.1 Å². The molecule has 1 aromatic heterocycles. The van der Waals surface area contributed by atoms with Gasteiger partial charge in [-0.1, -0.05) is 58.1 Å². The van der Waals surface area contributed by atoms with Gasteiger partial charge in [-0.05, 0) is 53.6 Å². The minimum absolute atomic E-state index is 0.126. The number of benzene rings is 2. The van der Waals surface area contributed by atoms with Crippen molar-refractivity contribution in [3.8, 4) is 11.6 Å². The number of thiocarbonyl (C=S) groups is 1. The third-order valence-electron chi connectivity index (χ3n) is 3.91. The minimum Gasteiger partial charge on any atom is -0.436 e. The predicted molar refractivity (Wildman–Crippen MR) is 123 cm³/mol. The lowest BCUT2D eigenvalue weighted by Crippen LogP contribution is -2.27. The first-order chi connectivity index (χ1) is 14.4. The molecule has 0 atom stereocenters. The molecular weight excluding hydrogens is 513 g/mol. The maximum Gasteiger partial charge on any atom is 0.270 e. The highest BCUT2D eigenvalue weighted by molar-refractivity contribution is 9.10. The zero-order valence-corrected chi connectivity index (χ0v) is 18.9. The molecule has 0 N–H and O–H groups in total. The number of hydrogen-bond donors (Lipinski definition) is 0. The SMILES string of the molecule is O=C1/C(=C\c2cccc(Oc3nc(Cl)ncc3F)c2)SC(=S)N1c1cccc(Br)c1. The quantitative estimate of drug-likeness (QED) is 0.230. The normalized spacial score (nSPS) is 15.2. The Balaban J connectivity index is 1.59. The van der Waals surface area contributed by atoms with Gasteiger partial charge < -0.3 is 4.74 Å². The number of thioether (sulfide) groups is 1. The highest BCUT2D eigenvalue weighted by atomic mass is 79.9. The molecule has 0 radical (unpaired) electrons. The van der Waals surface area contributed by atoms with Crippen LogP contribution in [-0.2, 0) is 4.79 Å². The standard InChI is InChI=1S/C20H10BrClFN3O2S2/c21-12-4-2-5-13(9-12)26-18(27)16(30-20(26)29)8-11-3-1-6-14(7-11)28-17-15(23)10-24-19(22)25-17/h1-10H/b16-8+. The Morgan fingerprint density at radius 3 is 2.83 bits per heavy atom. The van der Waals surface area contributed by atoms with E-state index in [1.54, 1.807) is 30.3 Å². The largest absolute Gasteiger partial charge is 0.436 e. The number of carbonyl (C=O) groups is 1. The van der Waals surface area contributed by atoms with Gasteiger partial charge in [-0.25, -0.2) is 4.98 Å². The van der Waals surface area contributed by atoms with Crippen molar-refractivity contribution in [1.29, 1.82) is 0 Å². The van der Waals surface area contributed by atoms with Crippen molar-refractivity contribution in [2.24, 2.45) is 0 Å². The Morgan fingerprint density at radius 2 is 2.03 bits per heavy atom. The maximum atomic E-state index is 13.8. The van der Waals surface area contributed by atoms with Crippen molar-refractivity contribution >= 4 is 73.5 Å². The van der Waals surface area contributed by atoms with E-state index in [9.17, 15) is 9.18 Å². The summed E-state index contributed by atoms with van der Waals surface area (Å²) in [4.78, 5) is 22.1. The van der Waals surface area contributed by atoms with E-state index in [1.807, 2.05) is 24.3 Å². The fourth-order valence-electron chi connectivity index (χ4n) is 2.64. The van der Waals surface area contributed by atoms with Gasteiger partial charge >= 0.3 is 0 Å². The van der Waals surface area contributed by atoms with E-state index in [0.717, 1.165) is 10.7 Å². The van der Waals surface area contributed by atoms with E-state index >= 15 is 0 Å². The van der Waals surface area contributed by atoms with Crippen molar-refractivity contribution in [3.63, 3.8) is 0 Å². The Hall–Kier alpha value is -2.33. The lowest BCUT2D eigenvalue weighted by Gasteiger charge is -2.14. The number of ether oxygens (including phenoxy) is 1. The van der Waals surface area contributed by atoms with Gasteiger partial charge in [-0.15, -0.1) is 0 Å². The van der Waals surface area contributed by atoms with Gasteiger partial charge in [0, 0.05) is 4.47 Å². The second-order valence-electron chi connectivity index (χ2n) is 5.96. The van der Waals surface area contributed by atoms with Gasteiger partial charge in [-0.3, -0.25) is 9.69 Å². The van der Waals surface area contributed by atoms with Crippen LogP contribution < -0.4 is 9.64 Å². The van der Waals surface area contributed by atoms with Gasteiger partial charge in [0.1, 0.15) is 5.75 Å². The minimum atomic E-state index is -0.736. The number of anilines is 1. The van der Waals surface area contributed by atoms with Crippen molar-refractivity contribution in [3.05, 3.63) is 80.8 Å². The molecule has 0 unspecified atom stereocenters. The van der Waals surface area contributed by atoms with E-state index in [1.165, 1.54) is 16.7 Å². The molecule has 0 aliphatic carbocycles. The van der Waals surface area contributed by atoms with Crippen LogP contribution in [0.3, 0.4) is 0 Å². The highest BCUT2D eigenvalue weighted by Gasteiger charge is 2.33. The molecule has 1 saturated heterocycles. The Labute approximate surface area is 194 Å². The molecule has 0 saturated carbocycles. The van der Waals surface area contributed by atoms with E-state index in [0.29, 0.717) is 26.2 Å². The zero-order valence-electron chi connectivity index (χ0n) is 14.9. The van der Waals surface area contributed by atoms with Crippen molar-refractivity contribution < 1.29 is 13.9 Å². The molecule has 30 heavy (non-hydrogen) atoms. The lowest BCUT2D eigenvalue weighted by molar-refractivity contribution is -0.113. The van der Waals surface area contributed by atoms with Crippen molar-refractivity contribution in [2.45, 2.75) is 0 Å². The van der Waals surface area contributed by atoms with Crippen LogP contribution in [0.25, 0.3) is 6.08 Å². The van der Waals surface area contributed by atoms with Crippen LogP contribution in [-0.4, -0.2) is 20.2 Å². The number of carbonyl (C=O) groups excluding carboxylic acids is 1. The van der Waals surface area contributed by atoms with Crippen LogP contribution >= 0.6 is 51.5 Å². The first-order valence-electron chi connectivity index (χ1n) is 8.40. The lowest BCUT2D eigenvalue weighted by atomic mass is 10.2. The Morgan fingerprint density at radius 1 is 1.23 bits per heavy atom. The van der Waals surface area contributed by atoms with Crippen LogP contribution in [0.4, 0.5) is 10.1 Å². The summed E-state index contributed by atoms with van der Waals surface area (Å²) in [5.74, 6) is -0.907.